The Morgan fingerprint density at radius 1 is 0.909 bits per heavy atom. The number of hydrogen-bond donors (Lipinski definition) is 0. The SMILES string of the molecule is c1ccncc1.c1ncon1. The highest BCUT2D eigenvalue weighted by Gasteiger charge is 1.61. The summed E-state index contributed by atoms with van der Waals surface area (Å²) >= 11 is 0. The maximum absolute atomic E-state index is 4.22. The molecule has 4 heteroatoms. The Bertz CT molecular complexity index is 200. The van der Waals surface area contributed by atoms with E-state index in [1.54, 1.807) is 12.4 Å². The molecular weight excluding hydrogens is 142 g/mol. The molecule has 11 heavy (non-hydrogen) atoms. The summed E-state index contributed by atoms with van der Waals surface area (Å²) in [6, 6.07) is 5.72. The van der Waals surface area contributed by atoms with Gasteiger partial charge in [0.25, 0.3) is 0 Å². The molecule has 0 atom stereocenters. The molecule has 0 saturated heterocycles. The van der Waals surface area contributed by atoms with Crippen LogP contribution in [-0.2, 0) is 0 Å². The molecule has 0 saturated carbocycles. The van der Waals surface area contributed by atoms with Crippen molar-refractivity contribution in [2.24, 2.45) is 0 Å². The van der Waals surface area contributed by atoms with E-state index >= 15 is 0 Å². The summed E-state index contributed by atoms with van der Waals surface area (Å²) in [4.78, 5) is 7.23. The van der Waals surface area contributed by atoms with Crippen LogP contribution in [0.15, 0.2) is 47.8 Å². The molecule has 2 heterocycles. The minimum atomic E-state index is 1.26. The van der Waals surface area contributed by atoms with Gasteiger partial charge in [-0.2, -0.15) is 0 Å². The van der Waals surface area contributed by atoms with Gasteiger partial charge in [0.2, 0.25) is 6.39 Å². The largest absolute Gasteiger partial charge is 0.343 e. The lowest BCUT2D eigenvalue weighted by atomic mass is 10.5. The Hall–Kier alpha value is -1.71. The molecule has 0 radical (unpaired) electrons. The van der Waals surface area contributed by atoms with Crippen molar-refractivity contribution in [2.75, 3.05) is 0 Å². The third-order valence-corrected chi connectivity index (χ3v) is 0.849. The van der Waals surface area contributed by atoms with Gasteiger partial charge in [-0.1, -0.05) is 11.2 Å². The van der Waals surface area contributed by atoms with E-state index in [1.807, 2.05) is 18.2 Å². The van der Waals surface area contributed by atoms with Gasteiger partial charge in [-0.25, -0.2) is 4.98 Å². The molecule has 0 aliphatic rings. The second-order valence-corrected chi connectivity index (χ2v) is 1.61. The van der Waals surface area contributed by atoms with E-state index in [0.29, 0.717) is 0 Å². The third-order valence-electron chi connectivity index (χ3n) is 0.849. The Morgan fingerprint density at radius 3 is 1.91 bits per heavy atom. The van der Waals surface area contributed by atoms with Gasteiger partial charge < -0.3 is 4.52 Å². The first-order chi connectivity index (χ1) is 5.50. The van der Waals surface area contributed by atoms with Gasteiger partial charge in [0.15, 0.2) is 6.33 Å². The standard InChI is InChI=1S/C5H5N.C2H2N2O/c1-2-4-6-5-3-1;1-3-2-5-4-1/h1-5H;1-2H. The van der Waals surface area contributed by atoms with E-state index in [-0.39, 0.29) is 0 Å². The van der Waals surface area contributed by atoms with Crippen LogP contribution in [0, 0.1) is 0 Å². The molecule has 0 unspecified atom stereocenters. The fraction of sp³-hybridized carbons (Fsp3) is 0. The summed E-state index contributed by atoms with van der Waals surface area (Å²) in [6.07, 6.45) is 6.10. The van der Waals surface area contributed by atoms with Gasteiger partial charge in [-0.05, 0) is 12.1 Å². The summed E-state index contributed by atoms with van der Waals surface area (Å²) < 4.78 is 4.22. The average molecular weight is 149 g/mol. The van der Waals surface area contributed by atoms with Crippen LogP contribution < -0.4 is 0 Å². The third kappa shape index (κ3) is 3.80. The Labute approximate surface area is 63.9 Å². The highest BCUT2D eigenvalue weighted by atomic mass is 16.5. The minimum Gasteiger partial charge on any atom is -0.343 e. The zero-order valence-electron chi connectivity index (χ0n) is 5.79. The first-order valence-corrected chi connectivity index (χ1v) is 3.04. The van der Waals surface area contributed by atoms with Crippen LogP contribution in [0.2, 0.25) is 0 Å². The quantitative estimate of drug-likeness (QED) is 0.563. The number of hydrogen-bond acceptors (Lipinski definition) is 4. The summed E-state index contributed by atoms with van der Waals surface area (Å²) in [5, 5.41) is 3.24. The number of nitrogens with zero attached hydrogens (tertiary/aromatic N) is 3. The molecule has 2 aromatic heterocycles. The fourth-order valence-electron chi connectivity index (χ4n) is 0.449. The predicted molar refractivity (Wildman–Crippen MR) is 38.5 cm³/mol. The Kier molecular flexibility index (Phi) is 3.43. The molecule has 0 amide bonds. The minimum absolute atomic E-state index is 1.26. The first-order valence-electron chi connectivity index (χ1n) is 3.04. The topological polar surface area (TPSA) is 51.8 Å². The molecule has 2 aromatic rings. The first kappa shape index (κ1) is 7.40. The maximum Gasteiger partial charge on any atom is 0.213 e. The van der Waals surface area contributed by atoms with Crippen molar-refractivity contribution in [2.45, 2.75) is 0 Å². The van der Waals surface area contributed by atoms with Crippen molar-refractivity contribution in [1.29, 1.82) is 0 Å². The van der Waals surface area contributed by atoms with Crippen molar-refractivity contribution >= 4 is 0 Å². The van der Waals surface area contributed by atoms with Crippen LogP contribution in [0.3, 0.4) is 0 Å². The zero-order valence-corrected chi connectivity index (χ0v) is 5.79. The van der Waals surface area contributed by atoms with Crippen molar-refractivity contribution in [3.8, 4) is 0 Å². The van der Waals surface area contributed by atoms with Crippen molar-refractivity contribution in [3.05, 3.63) is 43.3 Å². The van der Waals surface area contributed by atoms with E-state index in [9.17, 15) is 0 Å². The number of aromatic nitrogens is 3. The van der Waals surface area contributed by atoms with Crippen molar-refractivity contribution < 1.29 is 4.52 Å². The van der Waals surface area contributed by atoms with Gasteiger partial charge >= 0.3 is 0 Å². The summed E-state index contributed by atoms with van der Waals surface area (Å²) in [7, 11) is 0. The van der Waals surface area contributed by atoms with Gasteiger partial charge in [0, 0.05) is 12.4 Å². The van der Waals surface area contributed by atoms with Crippen LogP contribution in [-0.4, -0.2) is 15.1 Å². The van der Waals surface area contributed by atoms with Gasteiger partial charge in [0.05, 0.1) is 0 Å². The van der Waals surface area contributed by atoms with Crippen LogP contribution in [0.4, 0.5) is 0 Å². The number of pyridine rings is 1. The molecule has 2 rings (SSSR count). The lowest BCUT2D eigenvalue weighted by Crippen LogP contribution is -1.58. The molecule has 0 aromatic carbocycles. The van der Waals surface area contributed by atoms with Gasteiger partial charge in [0.1, 0.15) is 0 Å². The molecule has 0 N–H and O–H groups in total. The van der Waals surface area contributed by atoms with Crippen LogP contribution in [0.5, 0.6) is 0 Å². The predicted octanol–water partition coefficient (Wildman–Crippen LogP) is 1.15. The van der Waals surface area contributed by atoms with E-state index in [4.69, 9.17) is 0 Å². The van der Waals surface area contributed by atoms with E-state index < -0.39 is 0 Å². The molecule has 0 fully saturated rings. The van der Waals surface area contributed by atoms with Gasteiger partial charge in [-0.15, -0.1) is 0 Å². The lowest BCUT2D eigenvalue weighted by Gasteiger charge is -1.70. The van der Waals surface area contributed by atoms with Crippen LogP contribution in [0.25, 0.3) is 0 Å². The second kappa shape index (κ2) is 5.10. The highest BCUT2D eigenvalue weighted by molar-refractivity contribution is 4.88. The fourth-order valence-corrected chi connectivity index (χ4v) is 0.449. The van der Waals surface area contributed by atoms with Gasteiger partial charge in [-0.3, -0.25) is 4.98 Å². The molecule has 0 spiro atoms. The van der Waals surface area contributed by atoms with Crippen LogP contribution >= 0.6 is 0 Å². The molecule has 0 aliphatic heterocycles. The molecule has 4 nitrogen and oxygen atoms in total. The second-order valence-electron chi connectivity index (χ2n) is 1.61. The summed E-state index contributed by atoms with van der Waals surface area (Å²) in [6.45, 7) is 0. The van der Waals surface area contributed by atoms with E-state index in [0.717, 1.165) is 0 Å². The lowest BCUT2D eigenvalue weighted by molar-refractivity contribution is 0.416. The van der Waals surface area contributed by atoms with Crippen molar-refractivity contribution in [3.63, 3.8) is 0 Å². The summed E-state index contributed by atoms with van der Waals surface area (Å²) in [5.41, 5.74) is 0. The zero-order chi connectivity index (χ0) is 7.78. The van der Waals surface area contributed by atoms with Crippen LogP contribution in [0.1, 0.15) is 0 Å². The van der Waals surface area contributed by atoms with Crippen molar-refractivity contribution in [1.82, 2.24) is 15.1 Å². The Morgan fingerprint density at radius 2 is 1.73 bits per heavy atom. The maximum atomic E-state index is 4.22. The highest BCUT2D eigenvalue weighted by Crippen LogP contribution is 1.73. The summed E-state index contributed by atoms with van der Waals surface area (Å²) in [5.74, 6) is 0. The average Bonchev–Trinajstić information content (AvgIpc) is 2.64. The molecule has 56 valence electrons. The monoisotopic (exact) mass is 149 g/mol. The molecule has 0 aliphatic carbocycles. The van der Waals surface area contributed by atoms with E-state index in [1.165, 1.54) is 12.7 Å². The van der Waals surface area contributed by atoms with E-state index in [2.05, 4.69) is 19.6 Å². The number of rotatable bonds is 0. The Balaban J connectivity index is 0.000000112. The smallest absolute Gasteiger partial charge is 0.213 e. The molecule has 0 bridgehead atoms. The normalized spacial score (nSPS) is 8.00. The molecular formula is C7H7N3O.